The summed E-state index contributed by atoms with van der Waals surface area (Å²) >= 11 is 5.70. The van der Waals surface area contributed by atoms with E-state index in [4.69, 9.17) is 11.6 Å². The SMILES string of the molecule is O=C1c2cccc3c2N(CC3)C(=O)C1(Cl)[N+](=O)[O-]. The topological polar surface area (TPSA) is 80.5 Å². The number of para-hydroxylation sites is 1. The molecule has 2 heterocycles. The Labute approximate surface area is 106 Å². The van der Waals surface area contributed by atoms with Crippen LogP contribution in [-0.2, 0) is 11.2 Å². The molecule has 1 aromatic carbocycles. The van der Waals surface area contributed by atoms with Crippen molar-refractivity contribution in [2.45, 2.75) is 11.4 Å². The van der Waals surface area contributed by atoms with E-state index in [0.29, 0.717) is 18.7 Å². The van der Waals surface area contributed by atoms with Crippen LogP contribution in [0.3, 0.4) is 0 Å². The lowest BCUT2D eigenvalue weighted by molar-refractivity contribution is -0.508. The molecule has 2 aliphatic rings. The lowest BCUT2D eigenvalue weighted by Gasteiger charge is -2.29. The first kappa shape index (κ1) is 11.2. The predicted octanol–water partition coefficient (Wildman–Crippen LogP) is 0.984. The zero-order valence-corrected chi connectivity index (χ0v) is 9.81. The van der Waals surface area contributed by atoms with Gasteiger partial charge in [-0.05, 0) is 29.7 Å². The van der Waals surface area contributed by atoms with Gasteiger partial charge < -0.3 is 4.90 Å². The Balaban J connectivity index is 2.30. The second-order valence-corrected chi connectivity index (χ2v) is 4.78. The third-order valence-corrected chi connectivity index (χ3v) is 3.79. The number of anilines is 1. The number of hydrogen-bond acceptors (Lipinski definition) is 4. The first-order chi connectivity index (χ1) is 8.48. The van der Waals surface area contributed by atoms with Gasteiger partial charge in [-0.25, -0.2) is 0 Å². The van der Waals surface area contributed by atoms with Crippen LogP contribution >= 0.6 is 11.6 Å². The summed E-state index contributed by atoms with van der Waals surface area (Å²) < 4.78 is 0. The molecule has 0 saturated heterocycles. The molecule has 1 amide bonds. The molecule has 0 saturated carbocycles. The van der Waals surface area contributed by atoms with E-state index in [1.807, 2.05) is 0 Å². The van der Waals surface area contributed by atoms with Gasteiger partial charge in [-0.1, -0.05) is 12.1 Å². The Morgan fingerprint density at radius 2 is 2.11 bits per heavy atom. The monoisotopic (exact) mass is 266 g/mol. The molecular formula is C11H7ClN2O4. The van der Waals surface area contributed by atoms with Crippen LogP contribution in [0.2, 0.25) is 0 Å². The number of amides is 1. The van der Waals surface area contributed by atoms with Crippen LogP contribution in [0, 0.1) is 10.1 Å². The van der Waals surface area contributed by atoms with E-state index in [2.05, 4.69) is 0 Å². The summed E-state index contributed by atoms with van der Waals surface area (Å²) in [6.07, 6.45) is 0.576. The number of nitrogens with zero attached hydrogens (tertiary/aromatic N) is 2. The van der Waals surface area contributed by atoms with Crippen molar-refractivity contribution < 1.29 is 14.5 Å². The van der Waals surface area contributed by atoms with Crippen LogP contribution in [0.5, 0.6) is 0 Å². The fourth-order valence-corrected chi connectivity index (χ4v) is 2.66. The number of Topliss-reactive ketones (excluding diaryl/α,β-unsaturated/α-hetero) is 1. The number of alkyl halides is 1. The number of carbonyl (C=O) groups excluding carboxylic acids is 2. The van der Waals surface area contributed by atoms with Gasteiger partial charge in [0.15, 0.2) is 0 Å². The zero-order chi connectivity index (χ0) is 13.1. The van der Waals surface area contributed by atoms with E-state index in [1.54, 1.807) is 12.1 Å². The van der Waals surface area contributed by atoms with Gasteiger partial charge in [0.1, 0.15) is 0 Å². The van der Waals surface area contributed by atoms with Gasteiger partial charge in [0, 0.05) is 6.54 Å². The molecule has 0 aromatic heterocycles. The summed E-state index contributed by atoms with van der Waals surface area (Å²) in [6.45, 7) is 0.320. The Hall–Kier alpha value is -1.95. The molecule has 0 fully saturated rings. The van der Waals surface area contributed by atoms with E-state index >= 15 is 0 Å². The maximum atomic E-state index is 12.1. The summed E-state index contributed by atoms with van der Waals surface area (Å²) in [7, 11) is 0. The zero-order valence-electron chi connectivity index (χ0n) is 9.05. The van der Waals surface area contributed by atoms with Crippen molar-refractivity contribution in [1.29, 1.82) is 0 Å². The highest BCUT2D eigenvalue weighted by Crippen LogP contribution is 2.41. The van der Waals surface area contributed by atoms with Crippen LogP contribution in [0.25, 0.3) is 0 Å². The molecule has 2 aliphatic heterocycles. The Morgan fingerprint density at radius 1 is 1.39 bits per heavy atom. The molecule has 3 rings (SSSR count). The quantitative estimate of drug-likeness (QED) is 0.249. The lowest BCUT2D eigenvalue weighted by atomic mass is 9.95. The molecule has 6 nitrogen and oxygen atoms in total. The molecule has 0 bridgehead atoms. The molecular weight excluding hydrogens is 260 g/mol. The van der Waals surface area contributed by atoms with Gasteiger partial charge in [-0.15, -0.1) is 0 Å². The Kier molecular flexibility index (Phi) is 2.04. The van der Waals surface area contributed by atoms with E-state index in [1.165, 1.54) is 11.0 Å². The highest BCUT2D eigenvalue weighted by Gasteiger charge is 2.63. The fourth-order valence-electron chi connectivity index (χ4n) is 2.46. The number of nitro groups is 1. The minimum atomic E-state index is -2.71. The van der Waals surface area contributed by atoms with Crippen molar-refractivity contribution in [2.75, 3.05) is 11.4 Å². The molecule has 0 spiro atoms. The van der Waals surface area contributed by atoms with Gasteiger partial charge in [0.25, 0.3) is 5.78 Å². The second-order valence-electron chi connectivity index (χ2n) is 4.23. The maximum absolute atomic E-state index is 12.1. The largest absolute Gasteiger partial charge is 0.434 e. The number of carbonyl (C=O) groups is 2. The molecule has 18 heavy (non-hydrogen) atoms. The van der Waals surface area contributed by atoms with Gasteiger partial charge in [0.05, 0.1) is 16.2 Å². The van der Waals surface area contributed by atoms with Crippen LogP contribution in [-0.4, -0.2) is 28.2 Å². The molecule has 0 radical (unpaired) electrons. The van der Waals surface area contributed by atoms with E-state index in [9.17, 15) is 19.7 Å². The third-order valence-electron chi connectivity index (χ3n) is 3.32. The van der Waals surface area contributed by atoms with Crippen molar-refractivity contribution in [3.63, 3.8) is 0 Å². The lowest BCUT2D eigenvalue weighted by Crippen LogP contribution is -2.58. The second kappa shape index (κ2) is 3.29. The van der Waals surface area contributed by atoms with Crippen LogP contribution in [0.1, 0.15) is 15.9 Å². The molecule has 0 N–H and O–H groups in total. The summed E-state index contributed by atoms with van der Waals surface area (Å²) in [5.41, 5.74) is 1.47. The molecule has 1 aromatic rings. The average molecular weight is 267 g/mol. The Morgan fingerprint density at radius 3 is 2.78 bits per heavy atom. The maximum Gasteiger partial charge on any atom is 0.434 e. The Bertz CT molecular complexity index is 615. The van der Waals surface area contributed by atoms with Crippen molar-refractivity contribution in [2.24, 2.45) is 0 Å². The number of hydrogen-bond donors (Lipinski definition) is 0. The van der Waals surface area contributed by atoms with Crippen molar-refractivity contribution in [3.8, 4) is 0 Å². The van der Waals surface area contributed by atoms with Gasteiger partial charge in [-0.3, -0.25) is 19.7 Å². The number of rotatable bonds is 1. The minimum absolute atomic E-state index is 0.149. The van der Waals surface area contributed by atoms with Crippen molar-refractivity contribution in [1.82, 2.24) is 0 Å². The first-order valence-corrected chi connectivity index (χ1v) is 5.67. The smallest absolute Gasteiger partial charge is 0.303 e. The summed E-state index contributed by atoms with van der Waals surface area (Å²) in [4.78, 5) is 32.6. The highest BCUT2D eigenvalue weighted by atomic mass is 35.5. The molecule has 1 unspecified atom stereocenters. The molecule has 92 valence electrons. The number of benzene rings is 1. The average Bonchev–Trinajstić information content (AvgIpc) is 2.78. The van der Waals surface area contributed by atoms with Crippen molar-refractivity contribution in [3.05, 3.63) is 39.4 Å². The molecule has 1 atom stereocenters. The fraction of sp³-hybridized carbons (Fsp3) is 0.273. The van der Waals surface area contributed by atoms with Gasteiger partial charge in [-0.2, -0.15) is 0 Å². The summed E-state index contributed by atoms with van der Waals surface area (Å²) in [5, 5.41) is 11.0. The van der Waals surface area contributed by atoms with E-state index in [-0.39, 0.29) is 5.56 Å². The van der Waals surface area contributed by atoms with Crippen LogP contribution < -0.4 is 4.90 Å². The number of ketones is 1. The minimum Gasteiger partial charge on any atom is -0.303 e. The third kappa shape index (κ3) is 1.08. The van der Waals surface area contributed by atoms with E-state index in [0.717, 1.165) is 5.56 Å². The predicted molar refractivity (Wildman–Crippen MR) is 62.4 cm³/mol. The standard InChI is InChI=1S/C11H7ClN2O4/c12-11(14(17)18)9(15)7-3-1-2-6-4-5-13(8(6)7)10(11)16/h1-3H,4-5H2. The van der Waals surface area contributed by atoms with Gasteiger partial charge in [0.2, 0.25) is 0 Å². The molecule has 7 heteroatoms. The summed E-state index contributed by atoms with van der Waals surface area (Å²) in [5.74, 6) is -1.91. The highest BCUT2D eigenvalue weighted by molar-refractivity contribution is 6.51. The number of halogens is 1. The van der Waals surface area contributed by atoms with Gasteiger partial charge >= 0.3 is 10.9 Å². The first-order valence-electron chi connectivity index (χ1n) is 5.30. The van der Waals surface area contributed by atoms with E-state index < -0.39 is 21.6 Å². The van der Waals surface area contributed by atoms with Crippen LogP contribution in [0.4, 0.5) is 5.69 Å². The van der Waals surface area contributed by atoms with Crippen molar-refractivity contribution >= 4 is 29.0 Å². The molecule has 0 aliphatic carbocycles. The van der Waals surface area contributed by atoms with Crippen LogP contribution in [0.15, 0.2) is 18.2 Å². The summed E-state index contributed by atoms with van der Waals surface area (Å²) in [6, 6.07) is 4.90. The normalized spacial score (nSPS) is 25.3.